The van der Waals surface area contributed by atoms with Gasteiger partial charge in [-0.15, -0.1) is 11.3 Å². The molecule has 0 fully saturated rings. The largest absolute Gasteiger partial charge is 0.477 e. The van der Waals surface area contributed by atoms with Crippen molar-refractivity contribution in [1.29, 1.82) is 0 Å². The van der Waals surface area contributed by atoms with Crippen LogP contribution in [0.5, 0.6) is 0 Å². The quantitative estimate of drug-likeness (QED) is 0.906. The molecule has 3 nitrogen and oxygen atoms in total. The fourth-order valence-electron chi connectivity index (χ4n) is 1.09. The van der Waals surface area contributed by atoms with E-state index >= 15 is 0 Å². The fraction of sp³-hybridized carbons (Fsp3) is 0.231. The summed E-state index contributed by atoms with van der Waals surface area (Å²) in [4.78, 5) is 20.7. The third kappa shape index (κ3) is 3.92. The normalized spacial score (nSPS) is 11.5. The lowest BCUT2D eigenvalue weighted by molar-refractivity contribution is -0.121. The van der Waals surface area contributed by atoms with Crippen LogP contribution in [0.1, 0.15) is 23.5 Å². The van der Waals surface area contributed by atoms with Crippen LogP contribution in [0.15, 0.2) is 30.3 Å². The number of carboxylic acids is 1. The average Bonchev–Trinajstić information content (AvgIpc) is 2.73. The minimum absolute atomic E-state index is 0.399. The van der Waals surface area contributed by atoms with Gasteiger partial charge < -0.3 is 5.11 Å². The smallest absolute Gasteiger partial charge is 0.345 e. The molecule has 0 bridgehead atoms. The standard InChI is InChI=1S/C9H6O2S.C4H7FO/c10-9(11)8-5-6-3-1-2-4-7(6)12-8;1-3(5)4(2)6/h1-5H,(H,10,11);3H,1-2H3. The summed E-state index contributed by atoms with van der Waals surface area (Å²) < 4.78 is 12.5. The molecule has 5 heteroatoms. The van der Waals surface area contributed by atoms with Gasteiger partial charge in [-0.2, -0.15) is 0 Å². The lowest BCUT2D eigenvalue weighted by Crippen LogP contribution is -2.04. The summed E-state index contributed by atoms with van der Waals surface area (Å²) >= 11 is 1.31. The Bertz CT molecular complexity index is 527. The molecule has 0 radical (unpaired) electrons. The molecule has 0 saturated heterocycles. The van der Waals surface area contributed by atoms with E-state index in [4.69, 9.17) is 5.11 Å². The van der Waals surface area contributed by atoms with Crippen LogP contribution >= 0.6 is 11.3 Å². The van der Waals surface area contributed by atoms with Crippen molar-refractivity contribution in [3.8, 4) is 0 Å². The van der Waals surface area contributed by atoms with Crippen LogP contribution in [0, 0.1) is 0 Å². The topological polar surface area (TPSA) is 54.4 Å². The first-order valence-electron chi connectivity index (χ1n) is 5.28. The second-order valence-electron chi connectivity index (χ2n) is 3.68. The Morgan fingerprint density at radius 2 is 1.89 bits per heavy atom. The number of Topliss-reactive ketones (excluding diaryl/α,β-unsaturated/α-hetero) is 1. The molecule has 2 rings (SSSR count). The van der Waals surface area contributed by atoms with Crippen LogP contribution in [0.4, 0.5) is 4.39 Å². The summed E-state index contributed by atoms with van der Waals surface area (Å²) in [7, 11) is 0. The molecule has 2 aromatic rings. The van der Waals surface area contributed by atoms with Gasteiger partial charge in [-0.05, 0) is 31.4 Å². The molecular weight excluding hydrogens is 255 g/mol. The second-order valence-corrected chi connectivity index (χ2v) is 4.76. The van der Waals surface area contributed by atoms with Crippen molar-refractivity contribution in [2.24, 2.45) is 0 Å². The van der Waals surface area contributed by atoms with E-state index in [0.717, 1.165) is 10.1 Å². The number of carboxylic acid groups (broad SMARTS) is 1. The first kappa shape index (κ1) is 14.3. The number of ketones is 1. The highest BCUT2D eigenvalue weighted by Crippen LogP contribution is 2.24. The van der Waals surface area contributed by atoms with E-state index in [9.17, 15) is 14.0 Å². The molecule has 1 aromatic carbocycles. The summed E-state index contributed by atoms with van der Waals surface area (Å²) in [6.45, 7) is 2.45. The number of benzene rings is 1. The zero-order valence-corrected chi connectivity index (χ0v) is 10.8. The van der Waals surface area contributed by atoms with E-state index in [0.29, 0.717) is 4.88 Å². The first-order valence-corrected chi connectivity index (χ1v) is 6.10. The van der Waals surface area contributed by atoms with E-state index in [1.807, 2.05) is 24.3 Å². The van der Waals surface area contributed by atoms with Crippen molar-refractivity contribution in [3.05, 3.63) is 35.2 Å². The van der Waals surface area contributed by atoms with Gasteiger partial charge in [0.25, 0.3) is 0 Å². The molecule has 0 saturated carbocycles. The maximum absolute atomic E-state index is 11.5. The van der Waals surface area contributed by atoms with Crippen LogP contribution < -0.4 is 0 Å². The number of fused-ring (bicyclic) bond motifs is 1. The van der Waals surface area contributed by atoms with E-state index in [1.54, 1.807) is 6.07 Å². The fourth-order valence-corrected chi connectivity index (χ4v) is 1.99. The lowest BCUT2D eigenvalue weighted by Gasteiger charge is -1.86. The van der Waals surface area contributed by atoms with Gasteiger partial charge in [0.1, 0.15) is 4.88 Å². The summed E-state index contributed by atoms with van der Waals surface area (Å²) in [5.74, 6) is -1.26. The minimum atomic E-state index is -1.29. The van der Waals surface area contributed by atoms with Gasteiger partial charge >= 0.3 is 5.97 Å². The van der Waals surface area contributed by atoms with Gasteiger partial charge in [0.15, 0.2) is 12.0 Å². The van der Waals surface area contributed by atoms with Crippen molar-refractivity contribution in [2.75, 3.05) is 0 Å². The van der Waals surface area contributed by atoms with Gasteiger partial charge in [0, 0.05) is 4.70 Å². The Labute approximate surface area is 108 Å². The van der Waals surface area contributed by atoms with Gasteiger partial charge in [0.2, 0.25) is 0 Å². The molecule has 1 N–H and O–H groups in total. The molecular formula is C13H13FO3S. The van der Waals surface area contributed by atoms with Crippen molar-refractivity contribution < 1.29 is 19.1 Å². The SMILES string of the molecule is CC(=O)C(C)F.O=C(O)c1cc2ccccc2s1. The molecule has 0 amide bonds. The molecule has 0 spiro atoms. The van der Waals surface area contributed by atoms with Gasteiger partial charge in [0.05, 0.1) is 0 Å². The van der Waals surface area contributed by atoms with Gasteiger partial charge in [-0.25, -0.2) is 9.18 Å². The summed E-state index contributed by atoms with van der Waals surface area (Å²) in [6.07, 6.45) is -1.29. The number of aromatic carboxylic acids is 1. The molecule has 1 heterocycles. The number of hydrogen-bond donors (Lipinski definition) is 1. The highest BCUT2D eigenvalue weighted by atomic mass is 32.1. The molecule has 1 aromatic heterocycles. The summed E-state index contributed by atoms with van der Waals surface area (Å²) in [6, 6.07) is 9.35. The van der Waals surface area contributed by atoms with Crippen molar-refractivity contribution >= 4 is 33.2 Å². The monoisotopic (exact) mass is 268 g/mol. The minimum Gasteiger partial charge on any atom is -0.477 e. The van der Waals surface area contributed by atoms with E-state index < -0.39 is 17.9 Å². The summed E-state index contributed by atoms with van der Waals surface area (Å²) in [5.41, 5.74) is 0. The molecule has 0 aliphatic carbocycles. The molecule has 0 aliphatic rings. The number of thiophene rings is 1. The van der Waals surface area contributed by atoms with Crippen LogP contribution in [0.3, 0.4) is 0 Å². The van der Waals surface area contributed by atoms with Gasteiger partial charge in [-0.3, -0.25) is 4.79 Å². The predicted octanol–water partition coefficient (Wildman–Crippen LogP) is 3.53. The van der Waals surface area contributed by atoms with Crippen molar-refractivity contribution in [3.63, 3.8) is 0 Å². The molecule has 96 valence electrons. The third-order valence-corrected chi connectivity index (χ3v) is 3.30. The average molecular weight is 268 g/mol. The third-order valence-electron chi connectivity index (χ3n) is 2.20. The number of hydrogen-bond acceptors (Lipinski definition) is 3. The number of alkyl halides is 1. The lowest BCUT2D eigenvalue weighted by atomic mass is 10.2. The highest BCUT2D eigenvalue weighted by molar-refractivity contribution is 7.20. The Hall–Kier alpha value is -1.75. The van der Waals surface area contributed by atoms with Crippen LogP contribution in [0.25, 0.3) is 10.1 Å². The van der Waals surface area contributed by atoms with E-state index in [2.05, 4.69) is 0 Å². The van der Waals surface area contributed by atoms with Crippen LogP contribution in [-0.4, -0.2) is 23.0 Å². The molecule has 1 atom stereocenters. The van der Waals surface area contributed by atoms with Crippen LogP contribution in [0.2, 0.25) is 0 Å². The zero-order valence-electron chi connectivity index (χ0n) is 10.0. The molecule has 1 unspecified atom stereocenters. The Morgan fingerprint density at radius 3 is 2.33 bits per heavy atom. The summed E-state index contributed by atoms with van der Waals surface area (Å²) in [5, 5.41) is 9.70. The number of carbonyl (C=O) groups excluding carboxylic acids is 1. The van der Waals surface area contributed by atoms with Crippen LogP contribution in [-0.2, 0) is 4.79 Å². The Kier molecular flexibility index (Phi) is 4.97. The van der Waals surface area contributed by atoms with Crippen molar-refractivity contribution in [1.82, 2.24) is 0 Å². The van der Waals surface area contributed by atoms with E-state index in [1.165, 1.54) is 25.2 Å². The maximum atomic E-state index is 11.5. The molecule has 18 heavy (non-hydrogen) atoms. The van der Waals surface area contributed by atoms with Gasteiger partial charge in [-0.1, -0.05) is 18.2 Å². The first-order chi connectivity index (χ1) is 8.41. The predicted molar refractivity (Wildman–Crippen MR) is 70.0 cm³/mol. The second kappa shape index (κ2) is 6.26. The Morgan fingerprint density at radius 1 is 1.33 bits per heavy atom. The number of rotatable bonds is 2. The number of carbonyl (C=O) groups is 2. The maximum Gasteiger partial charge on any atom is 0.345 e. The highest BCUT2D eigenvalue weighted by Gasteiger charge is 2.06. The molecule has 0 aliphatic heterocycles. The Balaban J connectivity index is 0.000000232. The zero-order chi connectivity index (χ0) is 13.7. The van der Waals surface area contributed by atoms with E-state index in [-0.39, 0.29) is 0 Å². The number of halogens is 1. The van der Waals surface area contributed by atoms with Crippen molar-refractivity contribution in [2.45, 2.75) is 20.0 Å².